The molecule has 0 radical (unpaired) electrons. The summed E-state index contributed by atoms with van der Waals surface area (Å²) in [5.74, 6) is 0.0632. The van der Waals surface area contributed by atoms with E-state index in [0.717, 1.165) is 16.8 Å². The fraction of sp³-hybridized carbons (Fsp3) is 0.0417. The highest BCUT2D eigenvalue weighted by Crippen LogP contribution is 2.43. The van der Waals surface area contributed by atoms with Gasteiger partial charge in [-0.3, -0.25) is 9.36 Å². The highest BCUT2D eigenvalue weighted by molar-refractivity contribution is 5.97. The van der Waals surface area contributed by atoms with Crippen molar-refractivity contribution in [3.05, 3.63) is 84.8 Å². The minimum absolute atomic E-state index is 0.0155. The first-order valence-corrected chi connectivity index (χ1v) is 9.43. The molecule has 0 saturated carbocycles. The number of para-hydroxylation sites is 1. The number of hydrogen-bond acceptors (Lipinski definition) is 3. The summed E-state index contributed by atoms with van der Waals surface area (Å²) in [6.07, 6.45) is 1.83. The van der Waals surface area contributed by atoms with Gasteiger partial charge in [-0.15, -0.1) is 0 Å². The number of aromatic nitrogens is 1. The van der Waals surface area contributed by atoms with Gasteiger partial charge in [-0.2, -0.15) is 0 Å². The Morgan fingerprint density at radius 3 is 2.47 bits per heavy atom. The standard InChI is InChI=1S/C24H17FN2O3/c25-17-9-6-15(7-10-17)23-19(13-27(24(23)29)18-4-2-1-3-5-18)16-8-11-21-20(12-16)26-22(28)14-30-21/h1-13,29H,14H2,(H,26,28). The highest BCUT2D eigenvalue weighted by Gasteiger charge is 2.22. The maximum absolute atomic E-state index is 13.5. The van der Waals surface area contributed by atoms with E-state index in [1.165, 1.54) is 12.1 Å². The Bertz CT molecular complexity index is 1250. The van der Waals surface area contributed by atoms with Crippen LogP contribution in [-0.2, 0) is 4.79 Å². The average Bonchev–Trinajstić information content (AvgIpc) is 3.11. The molecule has 2 heterocycles. The molecule has 30 heavy (non-hydrogen) atoms. The van der Waals surface area contributed by atoms with Crippen LogP contribution in [0, 0.1) is 5.82 Å². The maximum Gasteiger partial charge on any atom is 0.262 e. The molecule has 1 aliphatic heterocycles. The number of fused-ring (bicyclic) bond motifs is 1. The number of ether oxygens (including phenoxy) is 1. The predicted octanol–water partition coefficient (Wildman–Crippen LogP) is 4.99. The average molecular weight is 400 g/mol. The second kappa shape index (κ2) is 7.08. The van der Waals surface area contributed by atoms with E-state index in [0.29, 0.717) is 22.6 Å². The van der Waals surface area contributed by atoms with Crippen LogP contribution in [0.15, 0.2) is 79.0 Å². The summed E-state index contributed by atoms with van der Waals surface area (Å²) in [5, 5.41) is 13.9. The lowest BCUT2D eigenvalue weighted by Gasteiger charge is -2.18. The van der Waals surface area contributed by atoms with Crippen molar-refractivity contribution in [1.29, 1.82) is 0 Å². The van der Waals surface area contributed by atoms with E-state index in [2.05, 4.69) is 5.32 Å². The Kier molecular flexibility index (Phi) is 4.25. The maximum atomic E-state index is 13.5. The Labute approximate surface area is 172 Å². The second-order valence-electron chi connectivity index (χ2n) is 7.00. The van der Waals surface area contributed by atoms with Gasteiger partial charge in [0.25, 0.3) is 5.91 Å². The molecule has 0 unspecified atom stereocenters. The SMILES string of the molecule is O=C1COc2ccc(-c3cn(-c4ccccc4)c(O)c3-c3ccc(F)cc3)cc2N1. The third-order valence-corrected chi connectivity index (χ3v) is 5.07. The Balaban J connectivity index is 1.72. The first kappa shape index (κ1) is 18.0. The molecule has 0 bridgehead atoms. The monoisotopic (exact) mass is 400 g/mol. The van der Waals surface area contributed by atoms with E-state index in [9.17, 15) is 14.3 Å². The van der Waals surface area contributed by atoms with Crippen molar-refractivity contribution in [3.8, 4) is 39.6 Å². The van der Waals surface area contributed by atoms with Crippen molar-refractivity contribution < 1.29 is 19.0 Å². The quantitative estimate of drug-likeness (QED) is 0.509. The molecule has 0 aliphatic carbocycles. The number of anilines is 1. The zero-order chi connectivity index (χ0) is 20.7. The van der Waals surface area contributed by atoms with E-state index < -0.39 is 0 Å². The molecular formula is C24H17FN2O3. The van der Waals surface area contributed by atoms with E-state index in [1.807, 2.05) is 48.7 Å². The van der Waals surface area contributed by atoms with Gasteiger partial charge >= 0.3 is 0 Å². The van der Waals surface area contributed by atoms with Crippen LogP contribution in [0.2, 0.25) is 0 Å². The van der Waals surface area contributed by atoms with E-state index in [1.54, 1.807) is 22.8 Å². The van der Waals surface area contributed by atoms with Gasteiger partial charge in [0.1, 0.15) is 11.6 Å². The normalized spacial score (nSPS) is 12.8. The molecule has 2 N–H and O–H groups in total. The smallest absolute Gasteiger partial charge is 0.262 e. The van der Waals surface area contributed by atoms with Crippen LogP contribution in [0.1, 0.15) is 0 Å². The molecule has 5 nitrogen and oxygen atoms in total. The highest BCUT2D eigenvalue weighted by atomic mass is 19.1. The van der Waals surface area contributed by atoms with Crippen LogP contribution in [0.3, 0.4) is 0 Å². The van der Waals surface area contributed by atoms with Crippen LogP contribution in [0.25, 0.3) is 27.9 Å². The molecule has 1 amide bonds. The van der Waals surface area contributed by atoms with Crippen molar-refractivity contribution >= 4 is 11.6 Å². The summed E-state index contributed by atoms with van der Waals surface area (Å²) in [6.45, 7) is -0.0155. The van der Waals surface area contributed by atoms with Crippen LogP contribution in [0.5, 0.6) is 11.6 Å². The lowest BCUT2D eigenvalue weighted by Crippen LogP contribution is -2.25. The molecule has 0 fully saturated rings. The largest absolute Gasteiger partial charge is 0.494 e. The zero-order valence-corrected chi connectivity index (χ0v) is 15.8. The molecular weight excluding hydrogens is 383 g/mol. The van der Waals surface area contributed by atoms with Gasteiger partial charge in [-0.05, 0) is 47.5 Å². The molecule has 1 aromatic heterocycles. The minimum Gasteiger partial charge on any atom is -0.494 e. The summed E-state index contributed by atoms with van der Waals surface area (Å²) < 4.78 is 20.6. The van der Waals surface area contributed by atoms with Crippen molar-refractivity contribution in [3.63, 3.8) is 0 Å². The minimum atomic E-state index is -0.351. The van der Waals surface area contributed by atoms with Gasteiger partial charge in [0, 0.05) is 17.4 Å². The number of amides is 1. The van der Waals surface area contributed by atoms with Gasteiger partial charge in [0.05, 0.1) is 11.3 Å². The lowest BCUT2D eigenvalue weighted by molar-refractivity contribution is -0.118. The van der Waals surface area contributed by atoms with E-state index >= 15 is 0 Å². The topological polar surface area (TPSA) is 63.5 Å². The second-order valence-corrected chi connectivity index (χ2v) is 7.00. The first-order chi connectivity index (χ1) is 14.6. The molecule has 148 valence electrons. The Morgan fingerprint density at radius 1 is 0.967 bits per heavy atom. The number of aromatic hydroxyl groups is 1. The first-order valence-electron chi connectivity index (χ1n) is 9.43. The van der Waals surface area contributed by atoms with Gasteiger partial charge in [0.15, 0.2) is 6.61 Å². The Hall–Kier alpha value is -4.06. The third kappa shape index (κ3) is 3.08. The molecule has 3 aromatic carbocycles. The molecule has 4 aromatic rings. The van der Waals surface area contributed by atoms with Crippen molar-refractivity contribution in [1.82, 2.24) is 4.57 Å². The lowest BCUT2D eigenvalue weighted by atomic mass is 9.98. The molecule has 0 atom stereocenters. The fourth-order valence-electron chi connectivity index (χ4n) is 3.65. The van der Waals surface area contributed by atoms with Gasteiger partial charge in [-0.25, -0.2) is 4.39 Å². The number of rotatable bonds is 3. The number of nitrogens with one attached hydrogen (secondary N) is 1. The van der Waals surface area contributed by atoms with Gasteiger partial charge < -0.3 is 15.2 Å². The van der Waals surface area contributed by atoms with Gasteiger partial charge in [-0.1, -0.05) is 36.4 Å². The number of carbonyl (C=O) groups is 1. The van der Waals surface area contributed by atoms with Crippen molar-refractivity contribution in [2.24, 2.45) is 0 Å². The zero-order valence-electron chi connectivity index (χ0n) is 15.8. The summed E-state index contributed by atoms with van der Waals surface area (Å²) in [7, 11) is 0. The number of halogens is 1. The number of benzene rings is 3. The van der Waals surface area contributed by atoms with E-state index in [-0.39, 0.29) is 24.2 Å². The molecule has 6 heteroatoms. The van der Waals surface area contributed by atoms with Crippen LogP contribution < -0.4 is 10.1 Å². The molecule has 0 spiro atoms. The van der Waals surface area contributed by atoms with Crippen LogP contribution >= 0.6 is 0 Å². The summed E-state index contributed by atoms with van der Waals surface area (Å²) in [4.78, 5) is 11.7. The number of hydrogen-bond donors (Lipinski definition) is 2. The molecule has 1 aliphatic rings. The summed E-state index contributed by atoms with van der Waals surface area (Å²) >= 11 is 0. The fourth-order valence-corrected chi connectivity index (χ4v) is 3.65. The van der Waals surface area contributed by atoms with Crippen molar-refractivity contribution in [2.45, 2.75) is 0 Å². The Morgan fingerprint density at radius 2 is 1.70 bits per heavy atom. The predicted molar refractivity (Wildman–Crippen MR) is 112 cm³/mol. The van der Waals surface area contributed by atoms with Gasteiger partial charge in [0.2, 0.25) is 5.88 Å². The molecule has 0 saturated heterocycles. The number of nitrogens with zero attached hydrogens (tertiary/aromatic N) is 1. The number of carbonyl (C=O) groups excluding carboxylic acids is 1. The van der Waals surface area contributed by atoms with E-state index in [4.69, 9.17) is 4.74 Å². The summed E-state index contributed by atoms with van der Waals surface area (Å²) in [5.41, 5.74) is 4.13. The third-order valence-electron chi connectivity index (χ3n) is 5.07. The summed E-state index contributed by atoms with van der Waals surface area (Å²) in [6, 6.07) is 20.9. The molecule has 5 rings (SSSR count). The van der Waals surface area contributed by atoms with Crippen molar-refractivity contribution in [2.75, 3.05) is 11.9 Å². The van der Waals surface area contributed by atoms with Crippen LogP contribution in [-0.4, -0.2) is 22.2 Å². The van der Waals surface area contributed by atoms with Crippen LogP contribution in [0.4, 0.5) is 10.1 Å².